The van der Waals surface area contributed by atoms with Crippen LogP contribution in [0.1, 0.15) is 18.1 Å². The maximum absolute atomic E-state index is 2.43. The van der Waals surface area contributed by atoms with Crippen molar-refractivity contribution in [1.82, 2.24) is 4.57 Å². The number of benzene rings is 6. The Labute approximate surface area is 193 Å². The average Bonchev–Trinajstić information content (AvgIpc) is 3.19. The molecule has 0 saturated carbocycles. The number of rotatable bonds is 4. The second kappa shape index (κ2) is 7.08. The number of fused-ring (bicyclic) bond motifs is 3. The first-order chi connectivity index (χ1) is 16.3. The van der Waals surface area contributed by atoms with E-state index >= 15 is 0 Å². The van der Waals surface area contributed by atoms with E-state index in [4.69, 9.17) is 0 Å². The molecule has 0 fully saturated rings. The summed E-state index contributed by atoms with van der Waals surface area (Å²) in [5.74, 6) is 0. The fourth-order valence-electron chi connectivity index (χ4n) is 5.89. The van der Waals surface area contributed by atoms with E-state index in [1.807, 2.05) is 0 Å². The molecule has 0 aliphatic rings. The fraction of sp³-hybridized carbons (Fsp3) is 0.125. The zero-order valence-corrected chi connectivity index (χ0v) is 18.8. The smallest absolute Gasteiger partial charge is 0.0491 e. The largest absolute Gasteiger partial charge is 0.341 e. The van der Waals surface area contributed by atoms with Crippen LogP contribution in [0.4, 0.5) is 0 Å². The highest BCUT2D eigenvalue weighted by atomic mass is 15.0. The van der Waals surface area contributed by atoms with Gasteiger partial charge in [0.15, 0.2) is 0 Å². The molecule has 7 aromatic rings. The molecule has 0 aliphatic heterocycles. The molecule has 6 aromatic carbocycles. The second-order valence-electron chi connectivity index (χ2n) is 9.19. The summed E-state index contributed by atoms with van der Waals surface area (Å²) >= 11 is 0. The number of aryl methyl sites for hydroxylation is 3. The van der Waals surface area contributed by atoms with Gasteiger partial charge in [-0.05, 0) is 81.4 Å². The Balaban J connectivity index is 1.32. The van der Waals surface area contributed by atoms with Crippen LogP contribution >= 0.6 is 0 Å². The van der Waals surface area contributed by atoms with Crippen LogP contribution in [0, 0.1) is 0 Å². The molecule has 1 heterocycles. The van der Waals surface area contributed by atoms with Crippen LogP contribution in [0.25, 0.3) is 54.1 Å². The van der Waals surface area contributed by atoms with E-state index < -0.39 is 0 Å². The molecule has 33 heavy (non-hydrogen) atoms. The van der Waals surface area contributed by atoms with Gasteiger partial charge in [-0.3, -0.25) is 0 Å². The van der Waals surface area contributed by atoms with Crippen molar-refractivity contribution in [2.75, 3.05) is 0 Å². The summed E-state index contributed by atoms with van der Waals surface area (Å²) in [5, 5.41) is 11.0. The third kappa shape index (κ3) is 2.72. The van der Waals surface area contributed by atoms with Gasteiger partial charge in [-0.15, -0.1) is 0 Å². The molecule has 0 spiro atoms. The van der Waals surface area contributed by atoms with Crippen LogP contribution in [0.2, 0.25) is 0 Å². The predicted octanol–water partition coefficient (Wildman–Crippen LogP) is 8.50. The first kappa shape index (κ1) is 18.7. The molecular formula is C32H25N. The van der Waals surface area contributed by atoms with Crippen molar-refractivity contribution in [2.45, 2.75) is 26.3 Å². The lowest BCUT2D eigenvalue weighted by Crippen LogP contribution is -1.95. The van der Waals surface area contributed by atoms with Crippen molar-refractivity contribution in [3.8, 4) is 0 Å². The molecule has 0 bridgehead atoms. The van der Waals surface area contributed by atoms with Crippen molar-refractivity contribution >= 4 is 54.1 Å². The number of nitrogens with zero attached hydrogens (tertiary/aromatic N) is 1. The Morgan fingerprint density at radius 1 is 0.545 bits per heavy atom. The van der Waals surface area contributed by atoms with Crippen LogP contribution in [0.15, 0.2) is 97.1 Å². The summed E-state index contributed by atoms with van der Waals surface area (Å²) in [6, 6.07) is 36.3. The highest BCUT2D eigenvalue weighted by molar-refractivity contribution is 6.23. The minimum absolute atomic E-state index is 0.992. The predicted molar refractivity (Wildman–Crippen MR) is 143 cm³/mol. The summed E-state index contributed by atoms with van der Waals surface area (Å²) in [6.45, 7) is 3.22. The standard InChI is InChI=1S/C32H25N/c1-2-33-29-9-4-3-8-27(29)28-20-21(11-19-30(28)33)10-12-22-13-14-25-16-15-23-6-5-7-24-17-18-26(22)32(25)31(23)24/h3-9,11,13-20H,2,10,12H2,1H3. The SMILES string of the molecule is CCn1c2ccccc2c2cc(CCc3ccc4ccc5cccc6ccc3c4c56)ccc21. The van der Waals surface area contributed by atoms with E-state index in [1.54, 1.807) is 0 Å². The van der Waals surface area contributed by atoms with Gasteiger partial charge in [-0.1, -0.05) is 78.9 Å². The van der Waals surface area contributed by atoms with Crippen molar-refractivity contribution < 1.29 is 0 Å². The second-order valence-corrected chi connectivity index (χ2v) is 9.19. The van der Waals surface area contributed by atoms with E-state index in [9.17, 15) is 0 Å². The molecular weight excluding hydrogens is 398 g/mol. The minimum Gasteiger partial charge on any atom is -0.341 e. The molecule has 0 saturated heterocycles. The van der Waals surface area contributed by atoms with Gasteiger partial charge < -0.3 is 4.57 Å². The van der Waals surface area contributed by atoms with Gasteiger partial charge in [0.05, 0.1) is 0 Å². The number of hydrogen-bond acceptors (Lipinski definition) is 0. The number of para-hydroxylation sites is 1. The Morgan fingerprint density at radius 2 is 1.27 bits per heavy atom. The van der Waals surface area contributed by atoms with Crippen molar-refractivity contribution in [2.24, 2.45) is 0 Å². The Morgan fingerprint density at radius 3 is 2.12 bits per heavy atom. The van der Waals surface area contributed by atoms with Crippen LogP contribution in [-0.4, -0.2) is 4.57 Å². The maximum Gasteiger partial charge on any atom is 0.0491 e. The monoisotopic (exact) mass is 423 g/mol. The number of aromatic nitrogens is 1. The lowest BCUT2D eigenvalue weighted by atomic mass is 9.90. The molecule has 0 radical (unpaired) electrons. The van der Waals surface area contributed by atoms with Gasteiger partial charge in [0, 0.05) is 28.4 Å². The Bertz CT molecular complexity index is 1790. The van der Waals surface area contributed by atoms with E-state index in [1.165, 1.54) is 65.3 Å². The molecule has 1 aromatic heterocycles. The first-order valence-corrected chi connectivity index (χ1v) is 12.0. The Kier molecular flexibility index (Phi) is 4.01. The summed E-state index contributed by atoms with van der Waals surface area (Å²) in [4.78, 5) is 0. The molecule has 0 unspecified atom stereocenters. The van der Waals surface area contributed by atoms with Gasteiger partial charge in [0.1, 0.15) is 0 Å². The summed E-state index contributed by atoms with van der Waals surface area (Å²) in [7, 11) is 0. The van der Waals surface area contributed by atoms with Crippen LogP contribution in [0.5, 0.6) is 0 Å². The third-order valence-electron chi connectivity index (χ3n) is 7.45. The highest BCUT2D eigenvalue weighted by Crippen LogP contribution is 2.36. The normalized spacial score (nSPS) is 12.2. The zero-order valence-electron chi connectivity index (χ0n) is 18.8. The molecule has 0 N–H and O–H groups in total. The average molecular weight is 424 g/mol. The molecule has 7 rings (SSSR count). The third-order valence-corrected chi connectivity index (χ3v) is 7.45. The zero-order chi connectivity index (χ0) is 21.9. The summed E-state index contributed by atoms with van der Waals surface area (Å²) < 4.78 is 2.43. The lowest BCUT2D eigenvalue weighted by molar-refractivity contribution is 0.827. The Hall–Kier alpha value is -3.84. The number of hydrogen-bond donors (Lipinski definition) is 0. The van der Waals surface area contributed by atoms with Crippen molar-refractivity contribution in [3.63, 3.8) is 0 Å². The quantitative estimate of drug-likeness (QED) is 0.250. The van der Waals surface area contributed by atoms with Crippen LogP contribution in [0.3, 0.4) is 0 Å². The highest BCUT2D eigenvalue weighted by Gasteiger charge is 2.12. The summed E-state index contributed by atoms with van der Waals surface area (Å²) in [6.07, 6.45) is 2.09. The molecule has 158 valence electrons. The maximum atomic E-state index is 2.43. The topological polar surface area (TPSA) is 4.93 Å². The first-order valence-electron chi connectivity index (χ1n) is 12.0. The molecule has 0 atom stereocenters. The van der Waals surface area contributed by atoms with Crippen LogP contribution in [-0.2, 0) is 19.4 Å². The van der Waals surface area contributed by atoms with Gasteiger partial charge in [-0.2, -0.15) is 0 Å². The van der Waals surface area contributed by atoms with Gasteiger partial charge in [-0.25, -0.2) is 0 Å². The minimum atomic E-state index is 0.992. The van der Waals surface area contributed by atoms with Gasteiger partial charge >= 0.3 is 0 Å². The molecule has 1 heteroatoms. The van der Waals surface area contributed by atoms with E-state index in [2.05, 4.69) is 109 Å². The van der Waals surface area contributed by atoms with E-state index in [0.717, 1.165) is 19.4 Å². The molecule has 0 aliphatic carbocycles. The van der Waals surface area contributed by atoms with Gasteiger partial charge in [0.25, 0.3) is 0 Å². The van der Waals surface area contributed by atoms with Crippen molar-refractivity contribution in [3.05, 3.63) is 108 Å². The van der Waals surface area contributed by atoms with Crippen LogP contribution < -0.4 is 0 Å². The summed E-state index contributed by atoms with van der Waals surface area (Å²) in [5.41, 5.74) is 5.52. The van der Waals surface area contributed by atoms with Crippen molar-refractivity contribution in [1.29, 1.82) is 0 Å². The van der Waals surface area contributed by atoms with E-state index in [0.29, 0.717) is 0 Å². The molecule has 0 amide bonds. The van der Waals surface area contributed by atoms with Gasteiger partial charge in [0.2, 0.25) is 0 Å². The fourth-order valence-corrected chi connectivity index (χ4v) is 5.89. The van der Waals surface area contributed by atoms with E-state index in [-0.39, 0.29) is 0 Å². The molecule has 1 nitrogen and oxygen atoms in total. The lowest BCUT2D eigenvalue weighted by Gasteiger charge is -2.14.